The summed E-state index contributed by atoms with van der Waals surface area (Å²) in [7, 11) is 1.68. The monoisotopic (exact) mass is 368 g/mol. The maximum atomic E-state index is 8.30. The molecule has 0 spiro atoms. The number of ether oxygens (including phenoxy) is 1. The Kier molecular flexibility index (Phi) is 4.95. The van der Waals surface area contributed by atoms with E-state index in [0.29, 0.717) is 4.80 Å². The average Bonchev–Trinajstić information content (AvgIpc) is 3.01. The van der Waals surface area contributed by atoms with Crippen molar-refractivity contribution in [3.05, 3.63) is 53.3 Å². The molecule has 1 saturated heterocycles. The van der Waals surface area contributed by atoms with Crippen LogP contribution in [0.4, 0.5) is 5.69 Å². The normalized spacial score (nSPS) is 15.5. The maximum absolute atomic E-state index is 8.30. The summed E-state index contributed by atoms with van der Waals surface area (Å²) in [5.41, 5.74) is 2.44. The first-order valence-corrected chi connectivity index (χ1v) is 9.80. The van der Waals surface area contributed by atoms with Crippen molar-refractivity contribution in [3.63, 3.8) is 0 Å². The second-order valence-electron chi connectivity index (χ2n) is 6.56. The summed E-state index contributed by atoms with van der Waals surface area (Å²) in [5.74, 6) is 0.850. The van der Waals surface area contributed by atoms with Crippen molar-refractivity contribution in [1.82, 2.24) is 9.47 Å². The molecule has 1 aliphatic heterocycles. The van der Waals surface area contributed by atoms with E-state index >= 15 is 0 Å². The fourth-order valence-electron chi connectivity index (χ4n) is 3.53. The molecule has 5 nitrogen and oxygen atoms in total. The first kappa shape index (κ1) is 17.1. The van der Waals surface area contributed by atoms with Crippen molar-refractivity contribution in [2.75, 3.05) is 44.7 Å². The van der Waals surface area contributed by atoms with Gasteiger partial charge in [-0.2, -0.15) is 0 Å². The SMILES string of the molecule is COc1ccc2c(c1)sc(=N)n2CCN1CCN(c2ccccc2)CC1. The number of fused-ring (bicyclic) bond motifs is 1. The van der Waals surface area contributed by atoms with Crippen LogP contribution in [0.1, 0.15) is 0 Å². The molecule has 0 saturated carbocycles. The summed E-state index contributed by atoms with van der Waals surface area (Å²) >= 11 is 1.52. The van der Waals surface area contributed by atoms with E-state index in [0.717, 1.165) is 55.2 Å². The highest BCUT2D eigenvalue weighted by molar-refractivity contribution is 7.16. The van der Waals surface area contributed by atoms with Gasteiger partial charge in [-0.3, -0.25) is 10.3 Å². The largest absolute Gasteiger partial charge is 0.497 e. The molecule has 136 valence electrons. The third-order valence-corrected chi connectivity index (χ3v) is 6.00. The molecule has 0 radical (unpaired) electrons. The lowest BCUT2D eigenvalue weighted by molar-refractivity contribution is 0.248. The highest BCUT2D eigenvalue weighted by atomic mass is 32.1. The summed E-state index contributed by atoms with van der Waals surface area (Å²) < 4.78 is 8.52. The first-order valence-electron chi connectivity index (χ1n) is 8.99. The van der Waals surface area contributed by atoms with Gasteiger partial charge in [-0.1, -0.05) is 29.5 Å². The number of nitrogens with zero attached hydrogens (tertiary/aromatic N) is 3. The summed E-state index contributed by atoms with van der Waals surface area (Å²) in [4.78, 5) is 5.56. The second-order valence-corrected chi connectivity index (χ2v) is 7.59. The molecule has 26 heavy (non-hydrogen) atoms. The number of aromatic nitrogens is 1. The molecule has 1 aliphatic rings. The fraction of sp³-hybridized carbons (Fsp3) is 0.350. The van der Waals surface area contributed by atoms with Crippen molar-refractivity contribution in [2.45, 2.75) is 6.54 Å². The van der Waals surface area contributed by atoms with Gasteiger partial charge in [-0.05, 0) is 30.3 Å². The van der Waals surface area contributed by atoms with Crippen molar-refractivity contribution >= 4 is 27.2 Å². The van der Waals surface area contributed by atoms with Crippen LogP contribution in [0.15, 0.2) is 48.5 Å². The Morgan fingerprint density at radius 3 is 2.50 bits per heavy atom. The number of methoxy groups -OCH3 is 1. The number of hydrogen-bond acceptors (Lipinski definition) is 5. The zero-order valence-corrected chi connectivity index (χ0v) is 15.8. The molecule has 0 bridgehead atoms. The van der Waals surface area contributed by atoms with Crippen molar-refractivity contribution in [3.8, 4) is 5.75 Å². The molecule has 2 aromatic carbocycles. The molecule has 2 heterocycles. The van der Waals surface area contributed by atoms with E-state index in [9.17, 15) is 0 Å². The van der Waals surface area contributed by atoms with Crippen LogP contribution in [0, 0.1) is 5.41 Å². The number of para-hydroxylation sites is 1. The van der Waals surface area contributed by atoms with Crippen LogP contribution in [0.25, 0.3) is 10.2 Å². The molecular formula is C20H24N4OS. The molecular weight excluding hydrogens is 344 g/mol. The Morgan fingerprint density at radius 2 is 1.77 bits per heavy atom. The van der Waals surface area contributed by atoms with E-state index in [1.165, 1.54) is 17.0 Å². The van der Waals surface area contributed by atoms with Gasteiger partial charge in [0.2, 0.25) is 0 Å². The van der Waals surface area contributed by atoms with Gasteiger partial charge in [0.15, 0.2) is 4.80 Å². The molecule has 0 amide bonds. The zero-order chi connectivity index (χ0) is 17.9. The Hall–Kier alpha value is -2.31. The minimum Gasteiger partial charge on any atom is -0.497 e. The van der Waals surface area contributed by atoms with E-state index in [4.69, 9.17) is 10.1 Å². The number of nitrogens with one attached hydrogen (secondary N) is 1. The third kappa shape index (κ3) is 3.48. The van der Waals surface area contributed by atoms with Crippen LogP contribution in [0.2, 0.25) is 0 Å². The van der Waals surface area contributed by atoms with E-state index < -0.39 is 0 Å². The van der Waals surface area contributed by atoms with Crippen LogP contribution in [-0.4, -0.2) is 49.3 Å². The Morgan fingerprint density at radius 1 is 1.00 bits per heavy atom. The molecule has 0 unspecified atom stereocenters. The second kappa shape index (κ2) is 7.51. The quantitative estimate of drug-likeness (QED) is 0.753. The molecule has 0 aliphatic carbocycles. The van der Waals surface area contributed by atoms with Crippen LogP contribution >= 0.6 is 11.3 Å². The van der Waals surface area contributed by atoms with E-state index in [2.05, 4.69) is 50.8 Å². The Balaban J connectivity index is 1.39. The van der Waals surface area contributed by atoms with Crippen LogP contribution in [-0.2, 0) is 6.54 Å². The average molecular weight is 369 g/mol. The van der Waals surface area contributed by atoms with Crippen LogP contribution in [0.3, 0.4) is 0 Å². The minimum atomic E-state index is 0.608. The first-order chi connectivity index (χ1) is 12.7. The predicted molar refractivity (Wildman–Crippen MR) is 107 cm³/mol. The summed E-state index contributed by atoms with van der Waals surface area (Å²) in [6, 6.07) is 16.7. The maximum Gasteiger partial charge on any atom is 0.182 e. The van der Waals surface area contributed by atoms with Gasteiger partial charge in [-0.15, -0.1) is 0 Å². The van der Waals surface area contributed by atoms with E-state index in [1.807, 2.05) is 12.1 Å². The topological polar surface area (TPSA) is 44.5 Å². The van der Waals surface area contributed by atoms with Gasteiger partial charge < -0.3 is 14.2 Å². The van der Waals surface area contributed by atoms with Gasteiger partial charge in [0, 0.05) is 45.0 Å². The molecule has 1 fully saturated rings. The lowest BCUT2D eigenvalue weighted by Crippen LogP contribution is -2.47. The molecule has 1 aromatic heterocycles. The summed E-state index contributed by atoms with van der Waals surface area (Å²) in [5, 5.41) is 8.30. The van der Waals surface area contributed by atoms with Gasteiger partial charge >= 0.3 is 0 Å². The predicted octanol–water partition coefficient (Wildman–Crippen LogP) is 3.01. The molecule has 1 N–H and O–H groups in total. The number of hydrogen-bond donors (Lipinski definition) is 1. The molecule has 0 atom stereocenters. The molecule has 6 heteroatoms. The number of rotatable bonds is 5. The van der Waals surface area contributed by atoms with Crippen molar-refractivity contribution < 1.29 is 4.74 Å². The third-order valence-electron chi connectivity index (χ3n) is 5.04. The Bertz CT molecular complexity index is 926. The fourth-order valence-corrected chi connectivity index (χ4v) is 4.49. The van der Waals surface area contributed by atoms with Gasteiger partial charge in [-0.25, -0.2) is 0 Å². The number of anilines is 1. The summed E-state index contributed by atoms with van der Waals surface area (Å²) in [6.45, 7) is 6.10. The number of piperazine rings is 1. The minimum absolute atomic E-state index is 0.608. The van der Waals surface area contributed by atoms with Crippen molar-refractivity contribution in [1.29, 1.82) is 5.41 Å². The molecule has 4 rings (SSSR count). The number of thiazole rings is 1. The summed E-state index contributed by atoms with van der Waals surface area (Å²) in [6.07, 6.45) is 0. The van der Waals surface area contributed by atoms with E-state index in [-0.39, 0.29) is 0 Å². The van der Waals surface area contributed by atoms with E-state index in [1.54, 1.807) is 7.11 Å². The van der Waals surface area contributed by atoms with Crippen LogP contribution in [0.5, 0.6) is 5.75 Å². The highest BCUT2D eigenvalue weighted by Crippen LogP contribution is 2.23. The van der Waals surface area contributed by atoms with Crippen LogP contribution < -0.4 is 14.4 Å². The van der Waals surface area contributed by atoms with Crippen molar-refractivity contribution in [2.24, 2.45) is 0 Å². The standard InChI is InChI=1S/C20H24N4OS/c1-25-17-7-8-18-19(15-17)26-20(21)24(18)14-11-22-9-12-23(13-10-22)16-5-3-2-4-6-16/h2-8,15,21H,9-14H2,1H3. The number of benzene rings is 2. The highest BCUT2D eigenvalue weighted by Gasteiger charge is 2.17. The van der Waals surface area contributed by atoms with Gasteiger partial charge in [0.25, 0.3) is 0 Å². The van der Waals surface area contributed by atoms with Gasteiger partial charge in [0.05, 0.1) is 17.3 Å². The van der Waals surface area contributed by atoms with Gasteiger partial charge in [0.1, 0.15) is 5.75 Å². The molecule has 3 aromatic rings. The lowest BCUT2D eigenvalue weighted by Gasteiger charge is -2.36. The Labute approximate surface area is 157 Å². The smallest absolute Gasteiger partial charge is 0.182 e. The lowest BCUT2D eigenvalue weighted by atomic mass is 10.2. The zero-order valence-electron chi connectivity index (χ0n) is 15.0.